The van der Waals surface area contributed by atoms with Crippen LogP contribution in [0.1, 0.15) is 18.2 Å². The summed E-state index contributed by atoms with van der Waals surface area (Å²) in [4.78, 5) is 15.3. The molecule has 1 aromatic heterocycles. The number of hydrogen-bond donors (Lipinski definition) is 1. The van der Waals surface area contributed by atoms with Crippen LogP contribution in [0.4, 0.5) is 0 Å². The summed E-state index contributed by atoms with van der Waals surface area (Å²) in [6.07, 6.45) is 1.53. The van der Waals surface area contributed by atoms with E-state index in [1.807, 2.05) is 11.0 Å². The van der Waals surface area contributed by atoms with E-state index >= 15 is 0 Å². The second kappa shape index (κ2) is 6.99. The van der Waals surface area contributed by atoms with Crippen LogP contribution < -0.4 is 5.32 Å². The summed E-state index contributed by atoms with van der Waals surface area (Å²) in [6.45, 7) is 4.81. The lowest BCUT2D eigenvalue weighted by Crippen LogP contribution is -2.52. The monoisotopic (exact) mass is 274 g/mol. The van der Waals surface area contributed by atoms with Crippen molar-refractivity contribution < 1.29 is 4.79 Å². The van der Waals surface area contributed by atoms with Crippen molar-refractivity contribution in [1.82, 2.24) is 10.2 Å². The summed E-state index contributed by atoms with van der Waals surface area (Å²) in [7, 11) is 0. The van der Waals surface area contributed by atoms with Crippen molar-refractivity contribution in [3.05, 3.63) is 22.4 Å². The second-order valence-electron chi connectivity index (χ2n) is 4.22. The minimum absolute atomic E-state index is 0. The maximum atomic E-state index is 12.0. The number of nitrogens with one attached hydrogen (secondary N) is 1. The van der Waals surface area contributed by atoms with Gasteiger partial charge in [-0.25, -0.2) is 0 Å². The zero-order chi connectivity index (χ0) is 11.4. The van der Waals surface area contributed by atoms with Gasteiger partial charge in [0.15, 0.2) is 0 Å². The van der Waals surface area contributed by atoms with Crippen LogP contribution in [0.25, 0.3) is 0 Å². The normalized spacial score (nSPS) is 19.8. The Morgan fingerprint density at radius 1 is 1.65 bits per heavy atom. The Balaban J connectivity index is 0.00000144. The first-order valence-corrected chi connectivity index (χ1v) is 6.68. The molecule has 1 unspecified atom stereocenters. The van der Waals surface area contributed by atoms with Gasteiger partial charge in [0.05, 0.1) is 0 Å². The van der Waals surface area contributed by atoms with Crippen LogP contribution in [0.5, 0.6) is 0 Å². The number of halogens is 1. The molecule has 17 heavy (non-hydrogen) atoms. The van der Waals surface area contributed by atoms with Gasteiger partial charge in [-0.3, -0.25) is 4.79 Å². The summed E-state index contributed by atoms with van der Waals surface area (Å²) in [5.41, 5.74) is 0. The molecule has 2 rings (SSSR count). The molecule has 1 N–H and O–H groups in total. The van der Waals surface area contributed by atoms with Crippen molar-refractivity contribution in [2.45, 2.75) is 25.8 Å². The van der Waals surface area contributed by atoms with Gasteiger partial charge in [-0.15, -0.1) is 23.7 Å². The van der Waals surface area contributed by atoms with Crippen molar-refractivity contribution in [3.63, 3.8) is 0 Å². The van der Waals surface area contributed by atoms with Crippen LogP contribution in [0, 0.1) is 0 Å². The standard InChI is InChI=1S/C12H18N2OS.ClH/c1-10-9-13-6-7-14(10)12(15)5-4-11-3-2-8-16-11;/h2-3,8,10,13H,4-7,9H2,1H3;1H. The summed E-state index contributed by atoms with van der Waals surface area (Å²) >= 11 is 1.73. The highest BCUT2D eigenvalue weighted by atomic mass is 35.5. The van der Waals surface area contributed by atoms with Crippen molar-refractivity contribution in [1.29, 1.82) is 0 Å². The molecule has 1 amide bonds. The summed E-state index contributed by atoms with van der Waals surface area (Å²) in [6, 6.07) is 4.47. The molecule has 0 spiro atoms. The van der Waals surface area contributed by atoms with Gasteiger partial charge in [-0.2, -0.15) is 0 Å². The Kier molecular flexibility index (Phi) is 5.95. The van der Waals surface area contributed by atoms with E-state index in [0.29, 0.717) is 18.4 Å². The number of carbonyl (C=O) groups is 1. The molecule has 1 saturated heterocycles. The highest BCUT2D eigenvalue weighted by Gasteiger charge is 2.22. The van der Waals surface area contributed by atoms with E-state index in [4.69, 9.17) is 0 Å². The quantitative estimate of drug-likeness (QED) is 0.913. The fraction of sp³-hybridized carbons (Fsp3) is 0.583. The van der Waals surface area contributed by atoms with Crippen molar-refractivity contribution in [2.75, 3.05) is 19.6 Å². The first kappa shape index (κ1) is 14.5. The van der Waals surface area contributed by atoms with Gasteiger partial charge < -0.3 is 10.2 Å². The maximum absolute atomic E-state index is 12.0. The lowest BCUT2D eigenvalue weighted by molar-refractivity contribution is -0.133. The molecule has 1 aromatic rings. The molecule has 1 aliphatic rings. The Labute approximate surface area is 113 Å². The Hall–Kier alpha value is -0.580. The Bertz CT molecular complexity index is 342. The third kappa shape index (κ3) is 3.98. The predicted molar refractivity (Wildman–Crippen MR) is 73.9 cm³/mol. The van der Waals surface area contributed by atoms with E-state index < -0.39 is 0 Å². The maximum Gasteiger partial charge on any atom is 0.223 e. The van der Waals surface area contributed by atoms with E-state index in [9.17, 15) is 4.79 Å². The van der Waals surface area contributed by atoms with Gasteiger partial charge in [0, 0.05) is 37.0 Å². The van der Waals surface area contributed by atoms with Crippen LogP contribution in [0.3, 0.4) is 0 Å². The highest BCUT2D eigenvalue weighted by molar-refractivity contribution is 7.09. The zero-order valence-electron chi connectivity index (χ0n) is 10.0. The molecule has 0 aromatic carbocycles. The first-order chi connectivity index (χ1) is 7.77. The number of rotatable bonds is 3. The number of hydrogen-bond acceptors (Lipinski definition) is 3. The Morgan fingerprint density at radius 2 is 2.47 bits per heavy atom. The predicted octanol–water partition coefficient (Wildman–Crippen LogP) is 1.92. The molecule has 0 aliphatic carbocycles. The minimum atomic E-state index is 0. The molecular formula is C12H19ClN2OS. The highest BCUT2D eigenvalue weighted by Crippen LogP contribution is 2.13. The van der Waals surface area contributed by atoms with E-state index in [1.165, 1.54) is 4.88 Å². The van der Waals surface area contributed by atoms with Gasteiger partial charge in [0.2, 0.25) is 5.91 Å². The molecule has 5 heteroatoms. The average Bonchev–Trinajstić information content (AvgIpc) is 2.79. The number of amides is 1. The van der Waals surface area contributed by atoms with E-state index in [1.54, 1.807) is 11.3 Å². The smallest absolute Gasteiger partial charge is 0.223 e. The van der Waals surface area contributed by atoms with E-state index in [2.05, 4.69) is 23.7 Å². The van der Waals surface area contributed by atoms with Crippen LogP contribution >= 0.6 is 23.7 Å². The van der Waals surface area contributed by atoms with Crippen LogP contribution in [-0.4, -0.2) is 36.5 Å². The van der Waals surface area contributed by atoms with Crippen LogP contribution in [0.2, 0.25) is 0 Å². The second-order valence-corrected chi connectivity index (χ2v) is 5.25. The summed E-state index contributed by atoms with van der Waals surface area (Å²) < 4.78 is 0. The van der Waals surface area contributed by atoms with Crippen LogP contribution in [0.15, 0.2) is 17.5 Å². The fourth-order valence-electron chi connectivity index (χ4n) is 2.04. The lowest BCUT2D eigenvalue weighted by atomic mass is 10.1. The van der Waals surface area contributed by atoms with Crippen molar-refractivity contribution in [2.24, 2.45) is 0 Å². The molecule has 96 valence electrons. The fourth-order valence-corrected chi connectivity index (χ4v) is 2.75. The number of nitrogens with zero attached hydrogens (tertiary/aromatic N) is 1. The first-order valence-electron chi connectivity index (χ1n) is 5.80. The van der Waals surface area contributed by atoms with E-state index in [0.717, 1.165) is 26.1 Å². The van der Waals surface area contributed by atoms with Gasteiger partial charge >= 0.3 is 0 Å². The topological polar surface area (TPSA) is 32.3 Å². The summed E-state index contributed by atoms with van der Waals surface area (Å²) in [5.74, 6) is 0.294. The van der Waals surface area contributed by atoms with Gasteiger partial charge in [-0.05, 0) is 24.8 Å². The van der Waals surface area contributed by atoms with Gasteiger partial charge in [-0.1, -0.05) is 6.07 Å². The molecular weight excluding hydrogens is 256 g/mol. The molecule has 1 atom stereocenters. The van der Waals surface area contributed by atoms with Gasteiger partial charge in [0.25, 0.3) is 0 Å². The average molecular weight is 275 g/mol. The largest absolute Gasteiger partial charge is 0.337 e. The van der Waals surface area contributed by atoms with Gasteiger partial charge in [0.1, 0.15) is 0 Å². The SMILES string of the molecule is CC1CNCCN1C(=O)CCc1cccs1.Cl. The third-order valence-corrected chi connectivity index (χ3v) is 3.92. The molecule has 0 bridgehead atoms. The number of aryl methyl sites for hydroxylation is 1. The molecule has 0 saturated carbocycles. The van der Waals surface area contributed by atoms with E-state index in [-0.39, 0.29) is 12.4 Å². The molecule has 2 heterocycles. The number of thiophene rings is 1. The minimum Gasteiger partial charge on any atom is -0.337 e. The third-order valence-electron chi connectivity index (χ3n) is 2.99. The molecule has 1 aliphatic heterocycles. The molecule has 3 nitrogen and oxygen atoms in total. The molecule has 0 radical (unpaired) electrons. The van der Waals surface area contributed by atoms with Crippen molar-refractivity contribution >= 4 is 29.7 Å². The molecule has 1 fully saturated rings. The number of carbonyl (C=O) groups excluding carboxylic acids is 1. The van der Waals surface area contributed by atoms with Crippen LogP contribution in [-0.2, 0) is 11.2 Å². The summed E-state index contributed by atoms with van der Waals surface area (Å²) in [5, 5.41) is 5.36. The van der Waals surface area contributed by atoms with Crippen molar-refractivity contribution in [3.8, 4) is 0 Å². The Morgan fingerprint density at radius 3 is 3.12 bits per heavy atom. The number of piperazine rings is 1. The zero-order valence-corrected chi connectivity index (χ0v) is 11.6. The lowest BCUT2D eigenvalue weighted by Gasteiger charge is -2.34.